The number of ether oxygens (including phenoxy) is 4. The number of hydrogen-bond donors (Lipinski definition) is 2. The molecular formula is C32H28N2O9. The molecule has 220 valence electrons. The molecule has 1 fully saturated rings. The summed E-state index contributed by atoms with van der Waals surface area (Å²) in [7, 11) is 0. The van der Waals surface area contributed by atoms with Crippen LogP contribution >= 0.6 is 0 Å². The molecule has 1 aliphatic heterocycles. The second-order valence-electron chi connectivity index (χ2n) is 9.07. The van der Waals surface area contributed by atoms with Crippen LogP contribution in [0.15, 0.2) is 116 Å². The number of nitrogens with zero attached hydrogens (tertiary/aromatic N) is 1. The van der Waals surface area contributed by atoms with Crippen molar-refractivity contribution in [2.45, 2.75) is 24.6 Å². The predicted octanol–water partition coefficient (Wildman–Crippen LogP) is 3.19. The zero-order valence-corrected chi connectivity index (χ0v) is 22.7. The fraction of sp³-hybridized carbons (Fsp3) is 0.156. The standard InChI is InChI=1S/C26H22O8.C6H6N2O/c27-16-20-21(32-23(28)17-10-4-1-5-11-17)22(33-24(29)18-12-6-2-7-13-18)26(31-20)34-25(30)19-14-8-3-9-15-19;7-6(9)5-2-1-3-8-4-5/h1-15,20-22,26-27H,16H2;1-4H,(H2,7,9)/t20-,21-,22-,26?;/m1./s1. The summed E-state index contributed by atoms with van der Waals surface area (Å²) in [6.45, 7) is -0.564. The third kappa shape index (κ3) is 8.32. The van der Waals surface area contributed by atoms with Crippen LogP contribution in [0.5, 0.6) is 0 Å². The summed E-state index contributed by atoms with van der Waals surface area (Å²) in [6, 6.07) is 27.9. The molecule has 1 saturated heterocycles. The van der Waals surface area contributed by atoms with Crippen molar-refractivity contribution < 1.29 is 43.2 Å². The summed E-state index contributed by atoms with van der Waals surface area (Å²) >= 11 is 0. The van der Waals surface area contributed by atoms with Gasteiger partial charge in [0.15, 0.2) is 6.10 Å². The molecule has 43 heavy (non-hydrogen) atoms. The lowest BCUT2D eigenvalue weighted by atomic mass is 10.1. The van der Waals surface area contributed by atoms with Gasteiger partial charge in [-0.1, -0.05) is 54.6 Å². The quantitative estimate of drug-likeness (QED) is 0.232. The monoisotopic (exact) mass is 584 g/mol. The minimum Gasteiger partial charge on any atom is -0.452 e. The number of aliphatic hydroxyl groups excluding tert-OH is 1. The Morgan fingerprint density at radius 1 is 0.651 bits per heavy atom. The zero-order chi connectivity index (χ0) is 30.6. The van der Waals surface area contributed by atoms with Crippen LogP contribution in [0.25, 0.3) is 0 Å². The molecule has 4 aromatic rings. The summed E-state index contributed by atoms with van der Waals surface area (Å²) < 4.78 is 22.3. The van der Waals surface area contributed by atoms with Crippen LogP contribution in [-0.2, 0) is 18.9 Å². The van der Waals surface area contributed by atoms with E-state index in [1.807, 2.05) is 0 Å². The van der Waals surface area contributed by atoms with Gasteiger partial charge in [-0.25, -0.2) is 14.4 Å². The van der Waals surface area contributed by atoms with E-state index >= 15 is 0 Å². The second-order valence-corrected chi connectivity index (χ2v) is 9.07. The lowest BCUT2D eigenvalue weighted by Crippen LogP contribution is -2.42. The Bertz CT molecular complexity index is 1500. The van der Waals surface area contributed by atoms with Gasteiger partial charge in [-0.05, 0) is 48.5 Å². The highest BCUT2D eigenvalue weighted by Crippen LogP contribution is 2.30. The topological polar surface area (TPSA) is 164 Å². The van der Waals surface area contributed by atoms with Gasteiger partial charge in [-0.3, -0.25) is 9.78 Å². The summed E-state index contributed by atoms with van der Waals surface area (Å²) in [5.74, 6) is -2.60. The highest BCUT2D eigenvalue weighted by Gasteiger charge is 2.51. The van der Waals surface area contributed by atoms with E-state index in [1.165, 1.54) is 6.20 Å². The first-order chi connectivity index (χ1) is 20.9. The van der Waals surface area contributed by atoms with Crippen molar-refractivity contribution in [3.05, 3.63) is 138 Å². The molecule has 5 rings (SSSR count). The summed E-state index contributed by atoms with van der Waals surface area (Å²) in [6.07, 6.45) is -2.01. The van der Waals surface area contributed by atoms with Crippen molar-refractivity contribution in [2.75, 3.05) is 6.61 Å². The minimum atomic E-state index is -1.41. The molecule has 1 unspecified atom stereocenters. The maximum atomic E-state index is 12.8. The molecule has 11 nitrogen and oxygen atoms in total. The average Bonchev–Trinajstić information content (AvgIpc) is 3.37. The molecule has 0 bridgehead atoms. The number of aromatic nitrogens is 1. The summed E-state index contributed by atoms with van der Waals surface area (Å²) in [4.78, 5) is 52.2. The summed E-state index contributed by atoms with van der Waals surface area (Å²) in [5.41, 5.74) is 6.14. The third-order valence-electron chi connectivity index (χ3n) is 6.13. The molecule has 0 aliphatic carbocycles. The maximum Gasteiger partial charge on any atom is 0.340 e. The Morgan fingerprint density at radius 2 is 1.09 bits per heavy atom. The summed E-state index contributed by atoms with van der Waals surface area (Å²) in [5, 5.41) is 9.86. The van der Waals surface area contributed by atoms with E-state index in [2.05, 4.69) is 4.98 Å². The van der Waals surface area contributed by atoms with Crippen LogP contribution in [0.2, 0.25) is 0 Å². The van der Waals surface area contributed by atoms with Crippen LogP contribution in [0.4, 0.5) is 0 Å². The van der Waals surface area contributed by atoms with Gasteiger partial charge in [0.2, 0.25) is 18.3 Å². The van der Waals surface area contributed by atoms with Crippen LogP contribution in [0, 0.1) is 0 Å². The molecule has 1 amide bonds. The highest BCUT2D eigenvalue weighted by atomic mass is 16.7. The Balaban J connectivity index is 0.000000403. The lowest BCUT2D eigenvalue weighted by Gasteiger charge is -2.23. The fourth-order valence-corrected chi connectivity index (χ4v) is 3.99. The van der Waals surface area contributed by atoms with Gasteiger partial charge in [-0.15, -0.1) is 0 Å². The van der Waals surface area contributed by atoms with E-state index < -0.39 is 55.0 Å². The maximum absolute atomic E-state index is 12.8. The van der Waals surface area contributed by atoms with Crippen LogP contribution in [0.1, 0.15) is 41.4 Å². The predicted molar refractivity (Wildman–Crippen MR) is 152 cm³/mol. The molecule has 3 N–H and O–H groups in total. The Labute approximate surface area is 246 Å². The molecular weight excluding hydrogens is 556 g/mol. The Hall–Kier alpha value is -5.39. The number of hydrogen-bond acceptors (Lipinski definition) is 10. The Morgan fingerprint density at radius 3 is 1.49 bits per heavy atom. The van der Waals surface area contributed by atoms with Crippen LogP contribution in [0.3, 0.4) is 0 Å². The molecule has 11 heteroatoms. The number of pyridine rings is 1. The van der Waals surface area contributed by atoms with Gasteiger partial charge < -0.3 is 29.8 Å². The first-order valence-corrected chi connectivity index (χ1v) is 13.1. The van der Waals surface area contributed by atoms with E-state index in [0.717, 1.165) is 0 Å². The molecule has 0 radical (unpaired) electrons. The molecule has 1 aliphatic rings. The lowest BCUT2D eigenvalue weighted by molar-refractivity contribution is -0.141. The molecule has 4 atom stereocenters. The van der Waals surface area contributed by atoms with E-state index in [0.29, 0.717) is 5.56 Å². The largest absolute Gasteiger partial charge is 0.452 e. The van der Waals surface area contributed by atoms with Gasteiger partial charge in [0.05, 0.1) is 28.9 Å². The van der Waals surface area contributed by atoms with Gasteiger partial charge in [0.1, 0.15) is 6.10 Å². The van der Waals surface area contributed by atoms with Crippen molar-refractivity contribution in [1.29, 1.82) is 0 Å². The van der Waals surface area contributed by atoms with E-state index in [4.69, 9.17) is 24.7 Å². The molecule has 0 saturated carbocycles. The molecule has 1 aromatic heterocycles. The SMILES string of the molecule is NC(=O)c1cccnc1.O=C(OC1O[C@H](CO)[C@@H](OC(=O)c2ccccc2)[C@H]1OC(=O)c1ccccc1)c1ccccc1. The van der Waals surface area contributed by atoms with Crippen molar-refractivity contribution in [3.63, 3.8) is 0 Å². The number of rotatable bonds is 8. The number of esters is 3. The van der Waals surface area contributed by atoms with E-state index in [9.17, 15) is 24.3 Å². The number of primary amides is 1. The van der Waals surface area contributed by atoms with Crippen LogP contribution < -0.4 is 5.73 Å². The van der Waals surface area contributed by atoms with Crippen molar-refractivity contribution >= 4 is 23.8 Å². The molecule has 3 aromatic carbocycles. The first-order valence-electron chi connectivity index (χ1n) is 13.1. The molecule has 2 heterocycles. The number of carbonyl (C=O) groups is 4. The molecule has 0 spiro atoms. The number of aliphatic hydroxyl groups is 1. The average molecular weight is 585 g/mol. The number of benzene rings is 3. The first kappa shape index (κ1) is 30.6. The highest BCUT2D eigenvalue weighted by molar-refractivity contribution is 5.92. The van der Waals surface area contributed by atoms with Gasteiger partial charge in [-0.2, -0.15) is 0 Å². The number of nitrogens with two attached hydrogens (primary N) is 1. The fourth-order valence-electron chi connectivity index (χ4n) is 3.99. The van der Waals surface area contributed by atoms with Gasteiger partial charge >= 0.3 is 17.9 Å². The second kappa shape index (κ2) is 15.0. The van der Waals surface area contributed by atoms with Crippen LogP contribution in [-0.4, -0.2) is 65.1 Å². The van der Waals surface area contributed by atoms with Gasteiger partial charge in [0, 0.05) is 12.4 Å². The smallest absolute Gasteiger partial charge is 0.340 e. The van der Waals surface area contributed by atoms with Gasteiger partial charge in [0.25, 0.3) is 0 Å². The normalized spacial score (nSPS) is 18.8. The number of amides is 1. The minimum absolute atomic E-state index is 0.247. The third-order valence-corrected chi connectivity index (χ3v) is 6.13. The Kier molecular flexibility index (Phi) is 10.7. The van der Waals surface area contributed by atoms with Crippen molar-refractivity contribution in [2.24, 2.45) is 5.73 Å². The van der Waals surface area contributed by atoms with E-state index in [-0.39, 0.29) is 16.7 Å². The zero-order valence-electron chi connectivity index (χ0n) is 22.7. The van der Waals surface area contributed by atoms with Crippen molar-refractivity contribution in [3.8, 4) is 0 Å². The number of carbonyl (C=O) groups excluding carboxylic acids is 4. The van der Waals surface area contributed by atoms with Crippen molar-refractivity contribution in [1.82, 2.24) is 4.98 Å². The van der Waals surface area contributed by atoms with E-state index in [1.54, 1.807) is 109 Å².